The Morgan fingerprint density at radius 3 is 3.06 bits per heavy atom. The van der Waals surface area contributed by atoms with Gasteiger partial charge < -0.3 is 10.2 Å². The van der Waals surface area contributed by atoms with Gasteiger partial charge in [-0.25, -0.2) is 4.98 Å². The Morgan fingerprint density at radius 2 is 2.31 bits per heavy atom. The SMILES string of the molecule is CNCC1CCN(c2nc(C3CC3)ns2)C1. The molecule has 0 amide bonds. The topological polar surface area (TPSA) is 41.0 Å². The lowest BCUT2D eigenvalue weighted by atomic mass is 10.1. The molecule has 2 fully saturated rings. The third-order valence-corrected chi connectivity index (χ3v) is 4.21. The maximum absolute atomic E-state index is 4.66. The molecule has 0 aromatic carbocycles. The molecule has 1 N–H and O–H groups in total. The molecule has 1 unspecified atom stereocenters. The zero-order valence-corrected chi connectivity index (χ0v) is 10.5. The largest absolute Gasteiger partial charge is 0.347 e. The summed E-state index contributed by atoms with van der Waals surface area (Å²) in [4.78, 5) is 7.06. The smallest absolute Gasteiger partial charge is 0.205 e. The standard InChI is InChI=1S/C11H18N4S/c1-12-6-8-4-5-15(7-8)11-13-10(14-16-11)9-2-3-9/h8-9,12H,2-7H2,1H3. The molecule has 0 bridgehead atoms. The van der Waals surface area contributed by atoms with Crippen molar-refractivity contribution in [3.63, 3.8) is 0 Å². The predicted molar refractivity (Wildman–Crippen MR) is 66.1 cm³/mol. The maximum Gasteiger partial charge on any atom is 0.205 e. The van der Waals surface area contributed by atoms with Gasteiger partial charge in [0.25, 0.3) is 0 Å². The van der Waals surface area contributed by atoms with Crippen LogP contribution in [-0.2, 0) is 0 Å². The Morgan fingerprint density at radius 1 is 1.44 bits per heavy atom. The minimum atomic E-state index is 0.681. The van der Waals surface area contributed by atoms with Gasteiger partial charge in [-0.3, -0.25) is 0 Å². The second kappa shape index (κ2) is 4.30. The van der Waals surface area contributed by atoms with E-state index in [9.17, 15) is 0 Å². The van der Waals surface area contributed by atoms with Gasteiger partial charge in [0.2, 0.25) is 5.13 Å². The minimum absolute atomic E-state index is 0.681. The van der Waals surface area contributed by atoms with E-state index in [4.69, 9.17) is 0 Å². The van der Waals surface area contributed by atoms with Gasteiger partial charge in [0.1, 0.15) is 5.82 Å². The van der Waals surface area contributed by atoms with Crippen LogP contribution in [0, 0.1) is 5.92 Å². The van der Waals surface area contributed by atoms with Crippen LogP contribution < -0.4 is 10.2 Å². The predicted octanol–water partition coefficient (Wildman–Crippen LogP) is 1.46. The number of aromatic nitrogens is 2. The van der Waals surface area contributed by atoms with Crippen molar-refractivity contribution < 1.29 is 0 Å². The molecule has 3 rings (SSSR count). The second-order valence-electron chi connectivity index (χ2n) is 4.87. The molecular weight excluding hydrogens is 220 g/mol. The second-order valence-corrected chi connectivity index (χ2v) is 5.60. The highest BCUT2D eigenvalue weighted by molar-refractivity contribution is 7.09. The summed E-state index contributed by atoms with van der Waals surface area (Å²) in [6.07, 6.45) is 3.86. The molecule has 1 aromatic heterocycles. The molecule has 1 saturated carbocycles. The summed E-state index contributed by atoms with van der Waals surface area (Å²) in [5.41, 5.74) is 0. The molecule has 2 heterocycles. The van der Waals surface area contributed by atoms with Gasteiger partial charge in [-0.15, -0.1) is 0 Å². The molecule has 1 aromatic rings. The van der Waals surface area contributed by atoms with Crippen LogP contribution in [0.1, 0.15) is 31.0 Å². The van der Waals surface area contributed by atoms with Crippen molar-refractivity contribution in [1.82, 2.24) is 14.7 Å². The highest BCUT2D eigenvalue weighted by Gasteiger charge is 2.30. The Bertz CT molecular complexity index is 361. The van der Waals surface area contributed by atoms with Gasteiger partial charge in [-0.2, -0.15) is 4.37 Å². The Hall–Kier alpha value is -0.680. The van der Waals surface area contributed by atoms with Crippen LogP contribution in [0.3, 0.4) is 0 Å². The van der Waals surface area contributed by atoms with E-state index in [0.29, 0.717) is 5.92 Å². The van der Waals surface area contributed by atoms with E-state index in [-0.39, 0.29) is 0 Å². The zero-order chi connectivity index (χ0) is 11.0. The fraction of sp³-hybridized carbons (Fsp3) is 0.818. The van der Waals surface area contributed by atoms with Gasteiger partial charge in [0, 0.05) is 30.5 Å². The molecule has 1 saturated heterocycles. The van der Waals surface area contributed by atoms with Gasteiger partial charge in [-0.05, 0) is 38.8 Å². The van der Waals surface area contributed by atoms with Crippen molar-refractivity contribution in [3.05, 3.63) is 5.82 Å². The summed E-state index contributed by atoms with van der Waals surface area (Å²) in [6, 6.07) is 0. The first-order chi connectivity index (χ1) is 7.86. The van der Waals surface area contributed by atoms with Crippen LogP contribution >= 0.6 is 11.5 Å². The van der Waals surface area contributed by atoms with Crippen LogP contribution in [0.15, 0.2) is 0 Å². The van der Waals surface area contributed by atoms with E-state index in [0.717, 1.165) is 36.5 Å². The van der Waals surface area contributed by atoms with Crippen LogP contribution in [0.25, 0.3) is 0 Å². The molecule has 0 radical (unpaired) electrons. The van der Waals surface area contributed by atoms with E-state index < -0.39 is 0 Å². The summed E-state index contributed by atoms with van der Waals surface area (Å²) in [5.74, 6) is 2.55. The van der Waals surface area contributed by atoms with E-state index >= 15 is 0 Å². The highest BCUT2D eigenvalue weighted by atomic mass is 32.1. The fourth-order valence-electron chi connectivity index (χ4n) is 2.32. The number of hydrogen-bond donors (Lipinski definition) is 1. The molecule has 16 heavy (non-hydrogen) atoms. The third kappa shape index (κ3) is 2.06. The molecule has 1 aliphatic heterocycles. The quantitative estimate of drug-likeness (QED) is 0.862. The lowest BCUT2D eigenvalue weighted by Gasteiger charge is -2.13. The number of anilines is 1. The maximum atomic E-state index is 4.66. The lowest BCUT2D eigenvalue weighted by molar-refractivity contribution is 0.549. The highest BCUT2D eigenvalue weighted by Crippen LogP contribution is 2.40. The first kappa shape index (κ1) is 10.5. The van der Waals surface area contributed by atoms with Crippen molar-refractivity contribution in [3.8, 4) is 0 Å². The van der Waals surface area contributed by atoms with E-state index in [1.807, 2.05) is 7.05 Å². The lowest BCUT2D eigenvalue weighted by Crippen LogP contribution is -2.24. The molecular formula is C11H18N4S. The Labute approximate surface area is 100 Å². The third-order valence-electron chi connectivity index (χ3n) is 3.42. The van der Waals surface area contributed by atoms with E-state index in [2.05, 4.69) is 19.6 Å². The molecule has 2 aliphatic rings. The summed E-state index contributed by atoms with van der Waals surface area (Å²) in [5, 5.41) is 4.40. The fourth-order valence-corrected chi connectivity index (χ4v) is 3.10. The molecule has 1 atom stereocenters. The molecule has 0 spiro atoms. The van der Waals surface area contributed by atoms with Crippen LogP contribution in [0.2, 0.25) is 0 Å². The molecule has 1 aliphatic carbocycles. The number of hydrogen-bond acceptors (Lipinski definition) is 5. The average molecular weight is 238 g/mol. The van der Waals surface area contributed by atoms with Gasteiger partial charge >= 0.3 is 0 Å². The van der Waals surface area contributed by atoms with Crippen molar-refractivity contribution >= 4 is 16.7 Å². The van der Waals surface area contributed by atoms with Gasteiger partial charge in [-0.1, -0.05) is 0 Å². The first-order valence-electron chi connectivity index (χ1n) is 6.10. The average Bonchev–Trinajstić information content (AvgIpc) is 2.85. The number of nitrogens with one attached hydrogen (secondary N) is 1. The summed E-state index contributed by atoms with van der Waals surface area (Å²) < 4.78 is 4.47. The van der Waals surface area contributed by atoms with Crippen molar-refractivity contribution in [1.29, 1.82) is 0 Å². The van der Waals surface area contributed by atoms with E-state index in [1.54, 1.807) is 11.5 Å². The zero-order valence-electron chi connectivity index (χ0n) is 9.65. The molecule has 4 nitrogen and oxygen atoms in total. The van der Waals surface area contributed by atoms with Crippen molar-refractivity contribution in [2.75, 3.05) is 31.6 Å². The van der Waals surface area contributed by atoms with Crippen molar-refractivity contribution in [2.24, 2.45) is 5.92 Å². The summed E-state index contributed by atoms with van der Waals surface area (Å²) in [7, 11) is 2.03. The minimum Gasteiger partial charge on any atom is -0.347 e. The number of nitrogens with zero attached hydrogens (tertiary/aromatic N) is 3. The number of rotatable bonds is 4. The Balaban J connectivity index is 1.63. The molecule has 88 valence electrons. The summed E-state index contributed by atoms with van der Waals surface area (Å²) in [6.45, 7) is 3.40. The van der Waals surface area contributed by atoms with Crippen LogP contribution in [-0.4, -0.2) is 36.0 Å². The molecule has 5 heteroatoms. The normalized spacial score (nSPS) is 25.3. The van der Waals surface area contributed by atoms with Gasteiger partial charge in [0.05, 0.1) is 0 Å². The van der Waals surface area contributed by atoms with E-state index in [1.165, 1.54) is 19.3 Å². The monoisotopic (exact) mass is 238 g/mol. The first-order valence-corrected chi connectivity index (χ1v) is 6.87. The van der Waals surface area contributed by atoms with Crippen molar-refractivity contribution in [2.45, 2.75) is 25.2 Å². The van der Waals surface area contributed by atoms with Gasteiger partial charge in [0.15, 0.2) is 0 Å². The Kier molecular flexibility index (Phi) is 2.81. The summed E-state index contributed by atoms with van der Waals surface area (Å²) >= 11 is 1.58. The van der Waals surface area contributed by atoms with Crippen LogP contribution in [0.4, 0.5) is 5.13 Å². The van der Waals surface area contributed by atoms with Crippen LogP contribution in [0.5, 0.6) is 0 Å².